The van der Waals surface area contributed by atoms with Gasteiger partial charge in [0.2, 0.25) is 5.91 Å². The van der Waals surface area contributed by atoms with Crippen LogP contribution < -0.4 is 11.1 Å². The van der Waals surface area contributed by atoms with E-state index in [2.05, 4.69) is 5.32 Å². The molecule has 0 aromatic heterocycles. The van der Waals surface area contributed by atoms with Crippen LogP contribution in [-0.4, -0.2) is 30.4 Å². The van der Waals surface area contributed by atoms with Crippen LogP contribution in [0, 0.1) is 0 Å². The number of likely N-dealkylation sites (tertiary alicyclic amines) is 1. The number of nitrogen functional groups attached to an aromatic ring is 1. The Balaban J connectivity index is 1.98. The van der Waals surface area contributed by atoms with E-state index >= 15 is 0 Å². The molecule has 0 radical (unpaired) electrons. The zero-order valence-electron chi connectivity index (χ0n) is 11.2. The number of hydrogen-bond acceptors (Lipinski definition) is 3. The van der Waals surface area contributed by atoms with Gasteiger partial charge in [0.05, 0.1) is 6.54 Å². The molecule has 0 bridgehead atoms. The summed E-state index contributed by atoms with van der Waals surface area (Å²) in [7, 11) is 0. The van der Waals surface area contributed by atoms with Gasteiger partial charge >= 0.3 is 0 Å². The van der Waals surface area contributed by atoms with Crippen molar-refractivity contribution in [3.8, 4) is 0 Å². The van der Waals surface area contributed by atoms with E-state index in [9.17, 15) is 13.6 Å². The quantitative estimate of drug-likeness (QED) is 0.835. The first-order valence-electron chi connectivity index (χ1n) is 6.77. The number of hydrogen-bond donors (Lipinski definition) is 2. The number of alkyl halides is 2. The minimum absolute atomic E-state index is 0.0314. The molecule has 1 aliphatic heterocycles. The van der Waals surface area contributed by atoms with Gasteiger partial charge in [0.25, 0.3) is 6.43 Å². The number of amides is 1. The third-order valence-electron chi connectivity index (χ3n) is 3.45. The number of halogens is 2. The van der Waals surface area contributed by atoms with E-state index in [0.717, 1.165) is 32.4 Å². The SMILES string of the molecule is Nc1ccc(NCC(=O)N2CCCCC2)c(C(F)F)c1. The second kappa shape index (κ2) is 6.54. The topological polar surface area (TPSA) is 58.4 Å². The molecule has 0 spiro atoms. The average molecular weight is 283 g/mol. The van der Waals surface area contributed by atoms with Gasteiger partial charge in [-0.25, -0.2) is 8.78 Å². The van der Waals surface area contributed by atoms with Gasteiger partial charge in [-0.05, 0) is 37.5 Å². The minimum atomic E-state index is -2.62. The van der Waals surface area contributed by atoms with E-state index in [1.807, 2.05) is 0 Å². The largest absolute Gasteiger partial charge is 0.399 e. The fourth-order valence-electron chi connectivity index (χ4n) is 2.35. The van der Waals surface area contributed by atoms with Crippen LogP contribution >= 0.6 is 0 Å². The van der Waals surface area contributed by atoms with Crippen LogP contribution in [0.15, 0.2) is 18.2 Å². The summed E-state index contributed by atoms with van der Waals surface area (Å²) in [4.78, 5) is 13.7. The Morgan fingerprint density at radius 2 is 2.00 bits per heavy atom. The van der Waals surface area contributed by atoms with Gasteiger partial charge in [0.15, 0.2) is 0 Å². The Labute approximate surface area is 116 Å². The number of benzene rings is 1. The summed E-state index contributed by atoms with van der Waals surface area (Å²) < 4.78 is 25.8. The van der Waals surface area contributed by atoms with E-state index in [-0.39, 0.29) is 29.4 Å². The molecule has 3 N–H and O–H groups in total. The molecular weight excluding hydrogens is 264 g/mol. The lowest BCUT2D eigenvalue weighted by atomic mass is 10.1. The van der Waals surface area contributed by atoms with Crippen molar-refractivity contribution in [1.29, 1.82) is 0 Å². The molecule has 1 fully saturated rings. The zero-order valence-corrected chi connectivity index (χ0v) is 11.2. The average Bonchev–Trinajstić information content (AvgIpc) is 2.46. The first kappa shape index (κ1) is 14.6. The van der Waals surface area contributed by atoms with Gasteiger partial charge in [-0.1, -0.05) is 0 Å². The molecule has 6 heteroatoms. The van der Waals surface area contributed by atoms with Crippen molar-refractivity contribution in [2.45, 2.75) is 25.7 Å². The van der Waals surface area contributed by atoms with Crippen molar-refractivity contribution in [1.82, 2.24) is 4.90 Å². The summed E-state index contributed by atoms with van der Waals surface area (Å²) in [5.41, 5.74) is 5.88. The number of nitrogens with two attached hydrogens (primary N) is 1. The summed E-state index contributed by atoms with van der Waals surface area (Å²) in [5, 5.41) is 2.79. The zero-order chi connectivity index (χ0) is 14.5. The summed E-state index contributed by atoms with van der Waals surface area (Å²) >= 11 is 0. The van der Waals surface area contributed by atoms with Crippen LogP contribution in [0.5, 0.6) is 0 Å². The van der Waals surface area contributed by atoms with Crippen molar-refractivity contribution in [3.05, 3.63) is 23.8 Å². The van der Waals surface area contributed by atoms with Crippen LogP contribution in [0.4, 0.5) is 20.2 Å². The van der Waals surface area contributed by atoms with E-state index in [1.54, 1.807) is 11.0 Å². The lowest BCUT2D eigenvalue weighted by Crippen LogP contribution is -2.39. The third-order valence-corrected chi connectivity index (χ3v) is 3.45. The Bertz CT molecular complexity index is 473. The van der Waals surface area contributed by atoms with Crippen molar-refractivity contribution in [2.24, 2.45) is 0 Å². The standard InChI is InChI=1S/C14H19F2N3O/c15-14(16)11-8-10(17)4-5-12(11)18-9-13(20)19-6-2-1-3-7-19/h4-5,8,14,18H,1-3,6-7,9,17H2. The molecule has 0 aliphatic carbocycles. The normalized spacial score (nSPS) is 15.4. The highest BCUT2D eigenvalue weighted by Crippen LogP contribution is 2.28. The number of piperidine rings is 1. The molecule has 0 saturated carbocycles. The van der Waals surface area contributed by atoms with Gasteiger partial charge in [-0.3, -0.25) is 4.79 Å². The fraction of sp³-hybridized carbons (Fsp3) is 0.500. The van der Waals surface area contributed by atoms with Crippen molar-refractivity contribution in [3.63, 3.8) is 0 Å². The Morgan fingerprint density at radius 1 is 1.30 bits per heavy atom. The predicted molar refractivity (Wildman–Crippen MR) is 74.7 cm³/mol. The monoisotopic (exact) mass is 283 g/mol. The summed E-state index contributed by atoms with van der Waals surface area (Å²) in [6.45, 7) is 1.54. The predicted octanol–water partition coefficient (Wildman–Crippen LogP) is 2.63. The first-order chi connectivity index (χ1) is 9.58. The molecule has 0 atom stereocenters. The van der Waals surface area contributed by atoms with Crippen molar-refractivity contribution >= 4 is 17.3 Å². The molecule has 0 unspecified atom stereocenters. The molecule has 1 amide bonds. The second-order valence-corrected chi connectivity index (χ2v) is 4.94. The maximum atomic E-state index is 12.9. The van der Waals surface area contributed by atoms with Crippen LogP contribution in [0.2, 0.25) is 0 Å². The number of nitrogens with zero attached hydrogens (tertiary/aromatic N) is 1. The molecule has 1 aromatic rings. The maximum absolute atomic E-state index is 12.9. The van der Waals surface area contributed by atoms with E-state index in [0.29, 0.717) is 0 Å². The van der Waals surface area contributed by atoms with Crippen LogP contribution in [0.1, 0.15) is 31.3 Å². The summed E-state index contributed by atoms with van der Waals surface area (Å²) in [6, 6.07) is 4.26. The first-order valence-corrected chi connectivity index (χ1v) is 6.77. The van der Waals surface area contributed by atoms with Crippen molar-refractivity contribution < 1.29 is 13.6 Å². The minimum Gasteiger partial charge on any atom is -0.399 e. The molecular formula is C14H19F2N3O. The van der Waals surface area contributed by atoms with E-state index < -0.39 is 6.43 Å². The highest BCUT2D eigenvalue weighted by Gasteiger charge is 2.18. The highest BCUT2D eigenvalue weighted by molar-refractivity contribution is 5.81. The van der Waals surface area contributed by atoms with Crippen LogP contribution in [0.3, 0.4) is 0 Å². The van der Waals surface area contributed by atoms with Gasteiger partial charge in [0.1, 0.15) is 0 Å². The van der Waals surface area contributed by atoms with E-state index in [1.165, 1.54) is 12.1 Å². The third kappa shape index (κ3) is 3.59. The molecule has 4 nitrogen and oxygen atoms in total. The Morgan fingerprint density at radius 3 is 2.65 bits per heavy atom. The highest BCUT2D eigenvalue weighted by atomic mass is 19.3. The number of anilines is 2. The van der Waals surface area contributed by atoms with Crippen molar-refractivity contribution in [2.75, 3.05) is 30.7 Å². The lowest BCUT2D eigenvalue weighted by Gasteiger charge is -2.27. The molecule has 2 rings (SSSR count). The number of nitrogens with one attached hydrogen (secondary N) is 1. The van der Waals surface area contributed by atoms with Gasteiger partial charge in [0, 0.05) is 30.0 Å². The lowest BCUT2D eigenvalue weighted by molar-refractivity contribution is -0.130. The van der Waals surface area contributed by atoms with Gasteiger partial charge in [-0.2, -0.15) is 0 Å². The second-order valence-electron chi connectivity index (χ2n) is 4.94. The summed E-state index contributed by atoms with van der Waals surface area (Å²) in [5.74, 6) is -0.0539. The van der Waals surface area contributed by atoms with Gasteiger partial charge in [-0.15, -0.1) is 0 Å². The fourth-order valence-corrected chi connectivity index (χ4v) is 2.35. The van der Waals surface area contributed by atoms with E-state index in [4.69, 9.17) is 5.73 Å². The molecule has 1 aromatic carbocycles. The maximum Gasteiger partial charge on any atom is 0.265 e. The number of carbonyl (C=O) groups excluding carboxylic acids is 1. The number of rotatable bonds is 4. The van der Waals surface area contributed by atoms with Crippen LogP contribution in [0.25, 0.3) is 0 Å². The molecule has 1 heterocycles. The number of carbonyl (C=O) groups is 1. The van der Waals surface area contributed by atoms with Gasteiger partial charge < -0.3 is 16.0 Å². The molecule has 110 valence electrons. The Hall–Kier alpha value is -1.85. The molecule has 20 heavy (non-hydrogen) atoms. The van der Waals surface area contributed by atoms with Crippen LogP contribution in [-0.2, 0) is 4.79 Å². The molecule has 1 saturated heterocycles. The summed E-state index contributed by atoms with van der Waals surface area (Å²) in [6.07, 6.45) is 0.544. The molecule has 1 aliphatic rings. The smallest absolute Gasteiger partial charge is 0.265 e. The Kier molecular flexibility index (Phi) is 4.76.